The Morgan fingerprint density at radius 2 is 1.86 bits per heavy atom. The summed E-state index contributed by atoms with van der Waals surface area (Å²) >= 11 is 0. The van der Waals surface area contributed by atoms with Crippen LogP contribution in [0.4, 0.5) is 0 Å². The summed E-state index contributed by atoms with van der Waals surface area (Å²) in [5.74, 6) is 0. The number of halogens is 1. The van der Waals surface area contributed by atoms with E-state index in [0.717, 1.165) is 6.04 Å². The molecule has 2 atom stereocenters. The zero-order chi connectivity index (χ0) is 9.52. The number of hydrogen-bond acceptors (Lipinski definition) is 0. The van der Waals surface area contributed by atoms with Crippen molar-refractivity contribution in [2.45, 2.75) is 64.8 Å². The molecule has 0 saturated carbocycles. The smallest absolute Gasteiger partial charge is 0.0848 e. The molecule has 0 amide bonds. The van der Waals surface area contributed by atoms with E-state index in [1.807, 2.05) is 4.90 Å². The highest BCUT2D eigenvalue weighted by atomic mass is 35.5. The molecule has 2 heteroatoms. The van der Waals surface area contributed by atoms with Crippen LogP contribution in [0.15, 0.2) is 0 Å². The van der Waals surface area contributed by atoms with Crippen LogP contribution in [0.1, 0.15) is 58.8 Å². The van der Waals surface area contributed by atoms with Gasteiger partial charge >= 0.3 is 0 Å². The molecule has 0 spiro atoms. The van der Waals surface area contributed by atoms with Crippen molar-refractivity contribution in [3.63, 3.8) is 0 Å². The Morgan fingerprint density at radius 3 is 2.43 bits per heavy atom. The zero-order valence-corrected chi connectivity index (χ0v) is 10.6. The van der Waals surface area contributed by atoms with Gasteiger partial charge in [0.2, 0.25) is 0 Å². The first-order valence-corrected chi connectivity index (χ1v) is 6.19. The van der Waals surface area contributed by atoms with Gasteiger partial charge in [0.05, 0.1) is 19.1 Å². The van der Waals surface area contributed by atoms with Crippen molar-refractivity contribution in [1.29, 1.82) is 0 Å². The highest BCUT2D eigenvalue weighted by molar-refractivity contribution is 4.56. The number of hydrogen-bond donors (Lipinski definition) is 1. The van der Waals surface area contributed by atoms with E-state index in [9.17, 15) is 0 Å². The van der Waals surface area contributed by atoms with Gasteiger partial charge in [-0.2, -0.15) is 0 Å². The van der Waals surface area contributed by atoms with Crippen molar-refractivity contribution in [3.05, 3.63) is 0 Å². The molecule has 1 nitrogen and oxygen atoms in total. The van der Waals surface area contributed by atoms with Crippen LogP contribution in [-0.2, 0) is 0 Å². The van der Waals surface area contributed by atoms with E-state index >= 15 is 0 Å². The van der Waals surface area contributed by atoms with E-state index in [-0.39, 0.29) is 12.4 Å². The predicted molar refractivity (Wildman–Crippen MR) is 58.2 cm³/mol. The first-order chi connectivity index (χ1) is 6.34. The molecule has 1 rings (SSSR count). The number of nitrogens with one attached hydrogen (secondary N) is 1. The summed E-state index contributed by atoms with van der Waals surface area (Å²) in [5, 5.41) is 0. The lowest BCUT2D eigenvalue weighted by Gasteiger charge is -2.17. The lowest BCUT2D eigenvalue weighted by Crippen LogP contribution is -3.13. The van der Waals surface area contributed by atoms with Gasteiger partial charge in [-0.05, 0) is 19.8 Å². The molecule has 1 aliphatic rings. The fourth-order valence-corrected chi connectivity index (χ4v) is 2.41. The second-order valence-corrected chi connectivity index (χ2v) is 4.62. The molecule has 0 aromatic carbocycles. The summed E-state index contributed by atoms with van der Waals surface area (Å²) in [4.78, 5) is 1.87. The highest BCUT2D eigenvalue weighted by Gasteiger charge is 2.22. The molecular formula is C12H26ClN. The molecule has 0 bridgehead atoms. The third kappa shape index (κ3) is 5.21. The van der Waals surface area contributed by atoms with Crippen molar-refractivity contribution in [3.8, 4) is 0 Å². The Kier molecular flexibility index (Phi) is 8.70. The molecule has 0 radical (unpaired) electrons. The van der Waals surface area contributed by atoms with Gasteiger partial charge in [0, 0.05) is 12.8 Å². The third-order valence-electron chi connectivity index (χ3n) is 3.43. The van der Waals surface area contributed by atoms with E-state index in [1.54, 1.807) is 0 Å². The number of likely N-dealkylation sites (tertiary alicyclic amines) is 1. The average Bonchev–Trinajstić information content (AvgIpc) is 2.52. The summed E-state index contributed by atoms with van der Waals surface area (Å²) in [5.41, 5.74) is 0. The van der Waals surface area contributed by atoms with Crippen LogP contribution in [0.2, 0.25) is 0 Å². The molecule has 1 heterocycles. The van der Waals surface area contributed by atoms with E-state index < -0.39 is 0 Å². The normalized spacial score (nSPS) is 26.1. The van der Waals surface area contributed by atoms with Crippen LogP contribution in [-0.4, -0.2) is 19.1 Å². The monoisotopic (exact) mass is 219 g/mol. The summed E-state index contributed by atoms with van der Waals surface area (Å²) < 4.78 is 0. The van der Waals surface area contributed by atoms with Crippen molar-refractivity contribution in [2.75, 3.05) is 13.1 Å². The third-order valence-corrected chi connectivity index (χ3v) is 3.43. The molecule has 0 aromatic heterocycles. The minimum atomic E-state index is 0. The Labute approximate surface area is 95.7 Å². The van der Waals surface area contributed by atoms with E-state index in [0.29, 0.717) is 0 Å². The first-order valence-electron chi connectivity index (χ1n) is 6.19. The molecule has 1 N–H and O–H groups in total. The second kappa shape index (κ2) is 8.55. The van der Waals surface area contributed by atoms with Crippen LogP contribution in [0.3, 0.4) is 0 Å². The fraction of sp³-hybridized carbons (Fsp3) is 1.00. The maximum atomic E-state index is 2.41. The first kappa shape index (κ1) is 14.2. The molecule has 1 fully saturated rings. The fourth-order valence-electron chi connectivity index (χ4n) is 2.41. The number of rotatable bonds is 6. The highest BCUT2D eigenvalue weighted by Crippen LogP contribution is 2.02. The van der Waals surface area contributed by atoms with Gasteiger partial charge < -0.3 is 17.3 Å². The van der Waals surface area contributed by atoms with Gasteiger partial charge in [-0.15, -0.1) is 0 Å². The Balaban J connectivity index is 0.00000169. The molecule has 2 unspecified atom stereocenters. The predicted octanol–water partition coefficient (Wildman–Crippen LogP) is -0.972. The van der Waals surface area contributed by atoms with E-state index in [1.165, 1.54) is 58.0 Å². The van der Waals surface area contributed by atoms with Gasteiger partial charge in [0.15, 0.2) is 0 Å². The lowest BCUT2D eigenvalue weighted by molar-refractivity contribution is -0.910. The standard InChI is InChI=1S/C12H25N.ClH/c1-3-4-5-6-7-10-13-11-8-9-12(13)2;/h12H,3-11H2,1-2H3;1H. The van der Waals surface area contributed by atoms with Crippen LogP contribution in [0.25, 0.3) is 0 Å². The maximum absolute atomic E-state index is 2.41. The molecule has 14 heavy (non-hydrogen) atoms. The Bertz CT molecular complexity index is 127. The van der Waals surface area contributed by atoms with Crippen LogP contribution >= 0.6 is 0 Å². The Morgan fingerprint density at radius 1 is 1.14 bits per heavy atom. The van der Waals surface area contributed by atoms with E-state index in [4.69, 9.17) is 0 Å². The molecular weight excluding hydrogens is 194 g/mol. The Hall–Kier alpha value is 0.250. The molecule has 86 valence electrons. The van der Waals surface area contributed by atoms with Gasteiger partial charge in [-0.3, -0.25) is 0 Å². The summed E-state index contributed by atoms with van der Waals surface area (Å²) in [6.45, 7) is 7.57. The van der Waals surface area contributed by atoms with E-state index in [2.05, 4.69) is 13.8 Å². The zero-order valence-electron chi connectivity index (χ0n) is 9.82. The van der Waals surface area contributed by atoms with Crippen molar-refractivity contribution >= 4 is 0 Å². The van der Waals surface area contributed by atoms with Crippen molar-refractivity contribution < 1.29 is 17.3 Å². The van der Waals surface area contributed by atoms with Crippen LogP contribution < -0.4 is 17.3 Å². The molecule has 0 aliphatic carbocycles. The van der Waals surface area contributed by atoms with Crippen LogP contribution in [0.5, 0.6) is 0 Å². The summed E-state index contributed by atoms with van der Waals surface area (Å²) in [6.07, 6.45) is 10.1. The van der Waals surface area contributed by atoms with Gasteiger partial charge in [-0.25, -0.2) is 0 Å². The largest absolute Gasteiger partial charge is 1.00 e. The summed E-state index contributed by atoms with van der Waals surface area (Å²) in [7, 11) is 0. The molecule has 0 aromatic rings. The quantitative estimate of drug-likeness (QED) is 0.549. The van der Waals surface area contributed by atoms with Gasteiger partial charge in [-0.1, -0.05) is 26.2 Å². The number of quaternary nitrogens is 1. The van der Waals surface area contributed by atoms with Crippen molar-refractivity contribution in [1.82, 2.24) is 0 Å². The average molecular weight is 220 g/mol. The summed E-state index contributed by atoms with van der Waals surface area (Å²) in [6, 6.07) is 0.950. The number of unbranched alkanes of at least 4 members (excludes halogenated alkanes) is 4. The SMILES string of the molecule is CCCCCCC[NH+]1CCCC1C.[Cl-]. The second-order valence-electron chi connectivity index (χ2n) is 4.62. The molecule has 1 saturated heterocycles. The van der Waals surface area contributed by atoms with Crippen LogP contribution in [0, 0.1) is 0 Å². The van der Waals surface area contributed by atoms with Gasteiger partial charge in [0.25, 0.3) is 0 Å². The van der Waals surface area contributed by atoms with Gasteiger partial charge in [0.1, 0.15) is 0 Å². The minimum Gasteiger partial charge on any atom is -1.00 e. The van der Waals surface area contributed by atoms with Crippen molar-refractivity contribution in [2.24, 2.45) is 0 Å². The topological polar surface area (TPSA) is 4.44 Å². The minimum absolute atomic E-state index is 0. The molecule has 1 aliphatic heterocycles. The lowest BCUT2D eigenvalue weighted by atomic mass is 10.1. The maximum Gasteiger partial charge on any atom is 0.0848 e.